The molecule has 264 valence electrons. The number of hydroxylamine groups is 1. The van der Waals surface area contributed by atoms with Gasteiger partial charge in [-0.3, -0.25) is 4.18 Å². The van der Waals surface area contributed by atoms with Crippen molar-refractivity contribution in [3.8, 4) is 11.5 Å². The van der Waals surface area contributed by atoms with E-state index in [4.69, 9.17) is 13.7 Å². The summed E-state index contributed by atoms with van der Waals surface area (Å²) < 4.78 is 22.9. The summed E-state index contributed by atoms with van der Waals surface area (Å²) in [4.78, 5) is 4.52. The Morgan fingerprint density at radius 3 is 2.04 bits per heavy atom. The summed E-state index contributed by atoms with van der Waals surface area (Å²) in [5.41, 5.74) is 7.15. The van der Waals surface area contributed by atoms with Gasteiger partial charge in [-0.15, -0.1) is 9.32 Å². The summed E-state index contributed by atoms with van der Waals surface area (Å²) in [7, 11) is 0. The van der Waals surface area contributed by atoms with Crippen molar-refractivity contribution in [1.82, 2.24) is 5.48 Å². The zero-order valence-corrected chi connectivity index (χ0v) is 31.7. The smallest absolute Gasteiger partial charge is 0.197 e. The third-order valence-corrected chi connectivity index (χ3v) is 9.47. The van der Waals surface area contributed by atoms with Gasteiger partial charge in [0.2, 0.25) is 0 Å². The van der Waals surface area contributed by atoms with E-state index in [0.29, 0.717) is 32.1 Å². The van der Waals surface area contributed by atoms with Gasteiger partial charge in [-0.2, -0.15) is 5.48 Å². The van der Waals surface area contributed by atoms with Crippen LogP contribution in [0.4, 0.5) is 0 Å². The van der Waals surface area contributed by atoms with Crippen LogP contribution in [0.25, 0.3) is 0 Å². The fourth-order valence-corrected chi connectivity index (χ4v) is 6.04. The highest BCUT2D eigenvalue weighted by Crippen LogP contribution is 2.45. The lowest BCUT2D eigenvalue weighted by Crippen LogP contribution is -2.37. The Morgan fingerprint density at radius 1 is 0.822 bits per heavy atom. The molecule has 0 aliphatic carbocycles. The minimum absolute atomic E-state index is 0.104. The summed E-state index contributed by atoms with van der Waals surface area (Å²) in [5.74, 6) is 4.49. The Hall–Kier alpha value is -1.03. The number of hydrogen-bond donors (Lipinski definition) is 1. The third kappa shape index (κ3) is 17.1. The van der Waals surface area contributed by atoms with E-state index < -0.39 is 0 Å². The monoisotopic (exact) mass is 655 g/mol. The average Bonchev–Trinajstić information content (AvgIpc) is 3.00. The van der Waals surface area contributed by atoms with Gasteiger partial charge in [0, 0.05) is 12.1 Å². The third-order valence-electron chi connectivity index (χ3n) is 9.09. The molecule has 0 saturated heterocycles. The first kappa shape index (κ1) is 42.0. The van der Waals surface area contributed by atoms with Crippen LogP contribution in [-0.2, 0) is 25.0 Å². The van der Waals surface area contributed by atoms with E-state index in [9.17, 15) is 0 Å². The van der Waals surface area contributed by atoms with E-state index in [0.717, 1.165) is 54.1 Å². The normalized spacial score (nSPS) is 17.3. The van der Waals surface area contributed by atoms with Gasteiger partial charge in [-0.05, 0) is 92.9 Å². The van der Waals surface area contributed by atoms with Gasteiger partial charge < -0.3 is 9.47 Å². The first-order valence-electron chi connectivity index (χ1n) is 17.9. The maximum atomic E-state index is 6.78. The van der Waals surface area contributed by atoms with E-state index in [2.05, 4.69) is 89.1 Å². The van der Waals surface area contributed by atoms with Crippen LogP contribution in [0.1, 0.15) is 155 Å². The second-order valence-corrected chi connectivity index (χ2v) is 14.4. The molecule has 0 aromatic heterocycles. The second kappa shape index (κ2) is 24.2. The molecule has 8 heteroatoms. The van der Waals surface area contributed by atoms with Crippen LogP contribution in [0, 0.1) is 38.5 Å². The van der Waals surface area contributed by atoms with Gasteiger partial charge in [-0.1, -0.05) is 106 Å². The Morgan fingerprint density at radius 2 is 1.44 bits per heavy atom. The number of fused-ring (bicyclic) bond motifs is 1. The van der Waals surface area contributed by atoms with Gasteiger partial charge in [0.15, 0.2) is 12.3 Å². The van der Waals surface area contributed by atoms with Crippen molar-refractivity contribution < 1.29 is 28.0 Å². The Kier molecular flexibility index (Phi) is 22.5. The summed E-state index contributed by atoms with van der Waals surface area (Å²) in [6.07, 6.45) is 16.6. The molecule has 1 heterocycles. The lowest BCUT2D eigenvalue weighted by Gasteiger charge is -2.38. The second-order valence-electron chi connectivity index (χ2n) is 13.9. The lowest BCUT2D eigenvalue weighted by atomic mass is 9.83. The van der Waals surface area contributed by atoms with Gasteiger partial charge in [0.05, 0.1) is 6.61 Å². The summed E-state index contributed by atoms with van der Waals surface area (Å²) in [5, 5.41) is 4.42. The van der Waals surface area contributed by atoms with Crippen molar-refractivity contribution in [1.29, 1.82) is 0 Å². The van der Waals surface area contributed by atoms with Gasteiger partial charge >= 0.3 is 0 Å². The Balaban J connectivity index is 0.00000238. The predicted octanol–water partition coefficient (Wildman–Crippen LogP) is 11.3. The molecule has 1 aromatic carbocycles. The highest BCUT2D eigenvalue weighted by molar-refractivity contribution is 7.89. The quantitative estimate of drug-likeness (QED) is 0.0541. The molecule has 45 heavy (non-hydrogen) atoms. The zero-order valence-electron chi connectivity index (χ0n) is 30.9. The van der Waals surface area contributed by atoms with Crippen molar-refractivity contribution in [3.05, 3.63) is 22.3 Å². The Bertz CT molecular complexity index is 912. The molecule has 1 aromatic rings. The summed E-state index contributed by atoms with van der Waals surface area (Å²) in [6.45, 7) is 25.8. The molecule has 3 atom stereocenters. The van der Waals surface area contributed by atoms with Crippen molar-refractivity contribution in [3.63, 3.8) is 0 Å². The minimum atomic E-state index is -0.104. The number of hydrogen-bond acceptors (Lipinski definition) is 8. The SMILES string of the molecule is CCCC.CCNOOOSOCCOc1c(C)c(C)c2c(c1C)CC[C@@](C)(CCC[C@H](C)CCC[C@H](C)CCCC(C)C)O2. The van der Waals surface area contributed by atoms with Crippen LogP contribution in [-0.4, -0.2) is 25.4 Å². The number of benzene rings is 1. The molecule has 1 aliphatic rings. The number of unbranched alkanes of at least 4 members (excludes halogenated alkanes) is 1. The first-order chi connectivity index (χ1) is 21.5. The van der Waals surface area contributed by atoms with E-state index in [1.165, 1.54) is 80.9 Å². The summed E-state index contributed by atoms with van der Waals surface area (Å²) in [6, 6.07) is 0. The maximum absolute atomic E-state index is 6.78. The predicted molar refractivity (Wildman–Crippen MR) is 189 cm³/mol. The van der Waals surface area contributed by atoms with Crippen molar-refractivity contribution in [2.45, 2.75) is 165 Å². The van der Waals surface area contributed by atoms with Gasteiger partial charge in [0.25, 0.3) is 0 Å². The molecule has 1 N–H and O–H groups in total. The molecule has 2 rings (SSSR count). The van der Waals surface area contributed by atoms with Gasteiger partial charge in [0.1, 0.15) is 23.7 Å². The van der Waals surface area contributed by atoms with E-state index in [-0.39, 0.29) is 5.60 Å². The molecule has 0 fully saturated rings. The molecule has 7 nitrogen and oxygen atoms in total. The molecule has 0 unspecified atom stereocenters. The summed E-state index contributed by atoms with van der Waals surface area (Å²) >= 11 is 0.702. The maximum Gasteiger partial charge on any atom is 0.197 e. The van der Waals surface area contributed by atoms with Crippen molar-refractivity contribution in [2.24, 2.45) is 17.8 Å². The van der Waals surface area contributed by atoms with E-state index in [1.807, 2.05) is 6.92 Å². The van der Waals surface area contributed by atoms with E-state index >= 15 is 0 Å². The minimum Gasteiger partial charge on any atom is -0.491 e. The molecule has 1 aliphatic heterocycles. The van der Waals surface area contributed by atoms with Crippen molar-refractivity contribution in [2.75, 3.05) is 19.8 Å². The molecule has 0 amide bonds. The van der Waals surface area contributed by atoms with Crippen LogP contribution in [0.5, 0.6) is 11.5 Å². The Labute approximate surface area is 281 Å². The van der Waals surface area contributed by atoms with Crippen LogP contribution < -0.4 is 15.0 Å². The number of ether oxygens (including phenoxy) is 2. The van der Waals surface area contributed by atoms with Crippen LogP contribution in [0.15, 0.2) is 0 Å². The lowest BCUT2D eigenvalue weighted by molar-refractivity contribution is -0.487. The fourth-order valence-electron chi connectivity index (χ4n) is 5.82. The largest absolute Gasteiger partial charge is 0.491 e. The number of rotatable bonds is 23. The number of nitrogens with one attached hydrogen (secondary N) is 1. The van der Waals surface area contributed by atoms with Crippen LogP contribution >= 0.6 is 12.3 Å². The fraction of sp³-hybridized carbons (Fsp3) is 0.838. The highest BCUT2D eigenvalue weighted by atomic mass is 32.2. The van der Waals surface area contributed by atoms with Gasteiger partial charge in [-0.25, -0.2) is 0 Å². The highest BCUT2D eigenvalue weighted by Gasteiger charge is 2.34. The molecular formula is C37H69NO6S. The zero-order chi connectivity index (χ0) is 33.7. The van der Waals surface area contributed by atoms with E-state index in [1.54, 1.807) is 0 Å². The molecule has 0 saturated carbocycles. The first-order valence-corrected chi connectivity index (χ1v) is 18.6. The van der Waals surface area contributed by atoms with Crippen LogP contribution in [0.2, 0.25) is 0 Å². The molecule has 0 spiro atoms. The van der Waals surface area contributed by atoms with Crippen LogP contribution in [0.3, 0.4) is 0 Å². The van der Waals surface area contributed by atoms with Crippen molar-refractivity contribution >= 4 is 12.3 Å². The topological polar surface area (TPSA) is 67.4 Å². The average molecular weight is 656 g/mol. The molecule has 0 radical (unpaired) electrons. The standard InChI is InChI=1S/C33H59NO6S.C4H10/c1-10-34-38-39-40-41-36-23-22-35-31-27(6)28(7)32-30(29(31)8)19-21-33(9,37-32)20-13-18-26(5)17-12-16-25(4)15-11-14-24(2)3;1-3-4-2/h24-26,34H,10-23H2,1-9H3;3-4H2,1-2H3/t25-,26-,33-;/m1./s1. The molecular weight excluding hydrogens is 586 g/mol. The molecule has 0 bridgehead atoms.